The van der Waals surface area contributed by atoms with Gasteiger partial charge in [0.05, 0.1) is 40.6 Å². The van der Waals surface area contributed by atoms with E-state index in [1.54, 1.807) is 39.8 Å². The molecular weight excluding hydrogens is 546 g/mol. The lowest BCUT2D eigenvalue weighted by molar-refractivity contribution is -0.00570. The molecule has 2 aliphatic heterocycles. The van der Waals surface area contributed by atoms with Crippen LogP contribution in [-0.2, 0) is 7.05 Å². The van der Waals surface area contributed by atoms with Gasteiger partial charge in [0.15, 0.2) is 5.78 Å². The molecule has 1 N–H and O–H groups in total. The summed E-state index contributed by atoms with van der Waals surface area (Å²) >= 11 is 0. The van der Waals surface area contributed by atoms with E-state index in [-0.39, 0.29) is 23.7 Å². The summed E-state index contributed by atoms with van der Waals surface area (Å²) in [5.74, 6) is -0.442. The summed E-state index contributed by atoms with van der Waals surface area (Å²) in [5, 5.41) is 19.1. The van der Waals surface area contributed by atoms with E-state index in [4.69, 9.17) is 4.74 Å². The van der Waals surface area contributed by atoms with Gasteiger partial charge in [-0.1, -0.05) is 12.1 Å². The van der Waals surface area contributed by atoms with E-state index in [9.17, 15) is 19.5 Å². The molecule has 1 fully saturated rings. The first-order chi connectivity index (χ1) is 20.7. The molecule has 10 nitrogen and oxygen atoms in total. The van der Waals surface area contributed by atoms with E-state index < -0.39 is 11.6 Å². The van der Waals surface area contributed by atoms with Crippen molar-refractivity contribution in [1.82, 2.24) is 24.5 Å². The Morgan fingerprint density at radius 2 is 1.79 bits per heavy atom. The third-order valence-corrected chi connectivity index (χ3v) is 8.54. The van der Waals surface area contributed by atoms with Crippen LogP contribution in [0.5, 0.6) is 5.75 Å². The Balaban J connectivity index is 1.08. The number of piperidine rings is 1. The first-order valence-electron chi connectivity index (χ1n) is 14.2. The molecule has 10 heteroatoms. The number of rotatable bonds is 4. The van der Waals surface area contributed by atoms with Gasteiger partial charge in [0.25, 0.3) is 5.91 Å². The molecular formula is C33H29N5O5. The molecule has 216 valence electrons. The monoisotopic (exact) mass is 575 g/mol. The zero-order chi connectivity index (χ0) is 29.9. The number of benzene rings is 3. The third kappa shape index (κ3) is 4.64. The number of ketones is 1. The van der Waals surface area contributed by atoms with Crippen molar-refractivity contribution < 1.29 is 24.2 Å². The van der Waals surface area contributed by atoms with Crippen LogP contribution in [-0.4, -0.2) is 65.9 Å². The SMILES string of the molecule is Cc1nn(-c2cccc(C(=O)O)c2)c2ccc(C(=O)N3CCC4(CC3)CC(=O)c3cc(-c5cnn(C)c5)ccc3O4)cc12. The summed E-state index contributed by atoms with van der Waals surface area (Å²) in [5.41, 5.74) is 4.72. The minimum atomic E-state index is -1.01. The predicted molar refractivity (Wildman–Crippen MR) is 159 cm³/mol. The fourth-order valence-corrected chi connectivity index (χ4v) is 6.19. The number of fused-ring (bicyclic) bond motifs is 2. The van der Waals surface area contributed by atoms with E-state index >= 15 is 0 Å². The molecule has 0 unspecified atom stereocenters. The van der Waals surface area contributed by atoms with Gasteiger partial charge in [-0.3, -0.25) is 14.3 Å². The number of nitrogens with zero attached hydrogens (tertiary/aromatic N) is 5. The van der Waals surface area contributed by atoms with Gasteiger partial charge in [0, 0.05) is 55.7 Å². The van der Waals surface area contributed by atoms with Gasteiger partial charge in [-0.25, -0.2) is 9.48 Å². The van der Waals surface area contributed by atoms with Crippen LogP contribution in [0.4, 0.5) is 0 Å². The van der Waals surface area contributed by atoms with Gasteiger partial charge < -0.3 is 14.7 Å². The van der Waals surface area contributed by atoms with Crippen molar-refractivity contribution >= 4 is 28.6 Å². The number of amides is 1. The van der Waals surface area contributed by atoms with Crippen LogP contribution < -0.4 is 4.74 Å². The van der Waals surface area contributed by atoms with Gasteiger partial charge in [-0.05, 0) is 61.0 Å². The van der Waals surface area contributed by atoms with Gasteiger partial charge in [-0.2, -0.15) is 10.2 Å². The molecule has 3 aromatic carbocycles. The summed E-state index contributed by atoms with van der Waals surface area (Å²) in [6.07, 6.45) is 5.09. The molecule has 2 aliphatic rings. The first kappa shape index (κ1) is 26.6. The Morgan fingerprint density at radius 3 is 2.53 bits per heavy atom. The minimum Gasteiger partial charge on any atom is -0.486 e. The number of carboxylic acid groups (broad SMARTS) is 1. The maximum Gasteiger partial charge on any atom is 0.335 e. The Labute approximate surface area is 247 Å². The van der Waals surface area contributed by atoms with Crippen LogP contribution in [0.15, 0.2) is 73.1 Å². The van der Waals surface area contributed by atoms with Crippen molar-refractivity contribution in [2.24, 2.45) is 7.05 Å². The normalized spacial score (nSPS) is 15.9. The summed E-state index contributed by atoms with van der Waals surface area (Å²) in [6, 6.07) is 17.8. The number of carbonyl (C=O) groups is 3. The molecule has 0 aliphatic carbocycles. The number of hydrogen-bond donors (Lipinski definition) is 1. The summed E-state index contributed by atoms with van der Waals surface area (Å²) in [6.45, 7) is 2.83. The van der Waals surface area contributed by atoms with Gasteiger partial charge in [0.1, 0.15) is 11.4 Å². The second kappa shape index (κ2) is 9.94. The van der Waals surface area contributed by atoms with Crippen molar-refractivity contribution in [3.8, 4) is 22.6 Å². The molecule has 0 saturated carbocycles. The Hall–Kier alpha value is -5.25. The van der Waals surface area contributed by atoms with Crippen LogP contribution >= 0.6 is 0 Å². The molecule has 1 saturated heterocycles. The summed E-state index contributed by atoms with van der Waals surface area (Å²) in [4.78, 5) is 40.1. The lowest BCUT2D eigenvalue weighted by Gasteiger charge is -2.44. The highest BCUT2D eigenvalue weighted by molar-refractivity contribution is 6.02. The Bertz CT molecular complexity index is 1950. The standard InChI is InChI=1S/C33H29N5O5/c1-20-26-16-22(6-8-28(26)38(35-20)25-5-3-4-23(14-25)32(41)42)31(40)37-12-10-33(11-13-37)17-29(39)27-15-21(7-9-30(27)43-33)24-18-34-36(2)19-24/h3-9,14-16,18-19H,10-13,17H2,1-2H3,(H,41,42). The third-order valence-electron chi connectivity index (χ3n) is 8.54. The average molecular weight is 576 g/mol. The average Bonchev–Trinajstić information content (AvgIpc) is 3.59. The second-order valence-corrected chi connectivity index (χ2v) is 11.4. The maximum atomic E-state index is 13.6. The second-order valence-electron chi connectivity index (χ2n) is 11.4. The highest BCUT2D eigenvalue weighted by atomic mass is 16.5. The van der Waals surface area contributed by atoms with E-state index in [1.807, 2.05) is 55.4 Å². The Kier molecular flexibility index (Phi) is 6.16. The van der Waals surface area contributed by atoms with Crippen molar-refractivity contribution in [2.75, 3.05) is 13.1 Å². The van der Waals surface area contributed by atoms with E-state index in [1.165, 1.54) is 6.07 Å². The number of Topliss-reactive ketones (excluding diaryl/α,β-unsaturated/α-hetero) is 1. The molecule has 5 aromatic rings. The molecule has 1 spiro atoms. The number of aromatic carboxylic acids is 1. The lowest BCUT2D eigenvalue weighted by Crippen LogP contribution is -2.52. The van der Waals surface area contributed by atoms with Crippen LogP contribution in [0.1, 0.15) is 56.0 Å². The van der Waals surface area contributed by atoms with Gasteiger partial charge in [0.2, 0.25) is 0 Å². The number of carboxylic acids is 1. The largest absolute Gasteiger partial charge is 0.486 e. The fraction of sp³-hybridized carbons (Fsp3) is 0.242. The van der Waals surface area contributed by atoms with Crippen LogP contribution in [0.25, 0.3) is 27.7 Å². The molecule has 2 aromatic heterocycles. The molecule has 0 radical (unpaired) electrons. The van der Waals surface area contributed by atoms with Gasteiger partial charge >= 0.3 is 5.97 Å². The van der Waals surface area contributed by atoms with Crippen LogP contribution in [0, 0.1) is 6.92 Å². The summed E-state index contributed by atoms with van der Waals surface area (Å²) < 4.78 is 9.90. The number of ether oxygens (including phenoxy) is 1. The van der Waals surface area contributed by atoms with E-state index in [0.717, 1.165) is 27.7 Å². The highest BCUT2D eigenvalue weighted by Crippen LogP contribution is 2.41. The molecule has 7 rings (SSSR count). The molecule has 1 amide bonds. The molecule has 0 bridgehead atoms. The topological polar surface area (TPSA) is 120 Å². The number of likely N-dealkylation sites (tertiary alicyclic amines) is 1. The molecule has 43 heavy (non-hydrogen) atoms. The van der Waals surface area contributed by atoms with E-state index in [0.29, 0.717) is 48.5 Å². The number of hydrogen-bond acceptors (Lipinski definition) is 6. The van der Waals surface area contributed by atoms with Gasteiger partial charge in [-0.15, -0.1) is 0 Å². The predicted octanol–water partition coefficient (Wildman–Crippen LogP) is 5.07. The van der Waals surface area contributed by atoms with Crippen molar-refractivity contribution in [1.29, 1.82) is 0 Å². The smallest absolute Gasteiger partial charge is 0.335 e. The zero-order valence-electron chi connectivity index (χ0n) is 23.8. The number of aryl methyl sites for hydroxylation is 2. The van der Waals surface area contributed by atoms with Crippen LogP contribution in [0.2, 0.25) is 0 Å². The number of aromatic nitrogens is 4. The maximum absolute atomic E-state index is 13.6. The quantitative estimate of drug-likeness (QED) is 0.318. The highest BCUT2D eigenvalue weighted by Gasteiger charge is 2.44. The lowest BCUT2D eigenvalue weighted by atomic mass is 9.82. The fourth-order valence-electron chi connectivity index (χ4n) is 6.19. The minimum absolute atomic E-state index is 0.0543. The molecule has 4 heterocycles. The van der Waals surface area contributed by atoms with E-state index in [2.05, 4.69) is 10.2 Å². The Morgan fingerprint density at radius 1 is 0.977 bits per heavy atom. The first-order valence-corrected chi connectivity index (χ1v) is 14.2. The summed E-state index contributed by atoms with van der Waals surface area (Å²) in [7, 11) is 1.86. The molecule has 0 atom stereocenters. The van der Waals surface area contributed by atoms with Crippen molar-refractivity contribution in [3.63, 3.8) is 0 Å². The number of carbonyl (C=O) groups excluding carboxylic acids is 2. The van der Waals surface area contributed by atoms with Crippen molar-refractivity contribution in [3.05, 3.63) is 95.4 Å². The zero-order valence-corrected chi connectivity index (χ0v) is 23.8. The van der Waals surface area contributed by atoms with Crippen LogP contribution in [0.3, 0.4) is 0 Å². The van der Waals surface area contributed by atoms with Crippen molar-refractivity contribution in [2.45, 2.75) is 31.8 Å².